The van der Waals surface area contributed by atoms with Crippen LogP contribution in [-0.2, 0) is 9.47 Å². The average molecular weight is 245 g/mol. The van der Waals surface area contributed by atoms with E-state index in [1.165, 1.54) is 0 Å². The fourth-order valence-corrected chi connectivity index (χ4v) is 1.62. The summed E-state index contributed by atoms with van der Waals surface area (Å²) >= 11 is 0. The number of hydrogen-bond acceptors (Lipinski definition) is 4. The van der Waals surface area contributed by atoms with Gasteiger partial charge in [0.05, 0.1) is 26.4 Å². The van der Waals surface area contributed by atoms with Crippen LogP contribution in [0, 0.1) is 0 Å². The first-order valence-corrected chi connectivity index (χ1v) is 6.09. The summed E-state index contributed by atoms with van der Waals surface area (Å²) in [5, 5.41) is 5.84. The highest BCUT2D eigenvalue weighted by Crippen LogP contribution is 2.02. The summed E-state index contributed by atoms with van der Waals surface area (Å²) in [6.45, 7) is 6.70. The number of urea groups is 1. The first-order chi connectivity index (χ1) is 8.24. The molecule has 2 amide bonds. The third kappa shape index (κ3) is 5.86. The predicted molar refractivity (Wildman–Crippen MR) is 65.1 cm³/mol. The van der Waals surface area contributed by atoms with E-state index >= 15 is 0 Å². The molecule has 0 aromatic heterocycles. The van der Waals surface area contributed by atoms with Crippen molar-refractivity contribution in [1.29, 1.82) is 0 Å². The molecule has 1 aliphatic heterocycles. The summed E-state index contributed by atoms with van der Waals surface area (Å²) < 4.78 is 10.7. The molecule has 1 rings (SSSR count). The van der Waals surface area contributed by atoms with Crippen LogP contribution in [-0.4, -0.2) is 70.1 Å². The van der Waals surface area contributed by atoms with Gasteiger partial charge in [0.1, 0.15) is 0 Å². The number of carbonyl (C=O) groups is 1. The molecule has 0 spiro atoms. The lowest BCUT2D eigenvalue weighted by Crippen LogP contribution is -2.31. The first-order valence-electron chi connectivity index (χ1n) is 6.09. The van der Waals surface area contributed by atoms with Crippen LogP contribution in [0.3, 0.4) is 0 Å². The summed E-state index contributed by atoms with van der Waals surface area (Å²) in [5.41, 5.74) is 0. The van der Waals surface area contributed by atoms with Gasteiger partial charge >= 0.3 is 6.03 Å². The van der Waals surface area contributed by atoms with Gasteiger partial charge < -0.3 is 25.0 Å². The Morgan fingerprint density at radius 1 is 1.35 bits per heavy atom. The van der Waals surface area contributed by atoms with Crippen molar-refractivity contribution in [3.8, 4) is 0 Å². The summed E-state index contributed by atoms with van der Waals surface area (Å²) in [6, 6.07) is 0.249. The van der Waals surface area contributed by atoms with Gasteiger partial charge in [0, 0.05) is 25.7 Å². The summed E-state index contributed by atoms with van der Waals surface area (Å²) in [6.07, 6.45) is 0. The molecule has 2 N–H and O–H groups in total. The van der Waals surface area contributed by atoms with Crippen LogP contribution < -0.4 is 10.6 Å². The molecule has 1 aliphatic rings. The van der Waals surface area contributed by atoms with Gasteiger partial charge in [-0.05, 0) is 14.0 Å². The molecule has 6 nitrogen and oxygen atoms in total. The molecule has 1 atom stereocenters. The van der Waals surface area contributed by atoms with Gasteiger partial charge in [0.15, 0.2) is 0 Å². The van der Waals surface area contributed by atoms with E-state index in [9.17, 15) is 4.79 Å². The van der Waals surface area contributed by atoms with Gasteiger partial charge in [-0.2, -0.15) is 0 Å². The second kappa shape index (κ2) is 8.27. The third-order valence-corrected chi connectivity index (χ3v) is 2.53. The Kier molecular flexibility index (Phi) is 6.91. The molecule has 1 fully saturated rings. The second-order valence-corrected chi connectivity index (χ2v) is 4.12. The molecule has 0 bridgehead atoms. The summed E-state index contributed by atoms with van der Waals surface area (Å²) in [7, 11) is 1.89. The fourth-order valence-electron chi connectivity index (χ4n) is 1.62. The number of likely N-dealkylation sites (N-methyl/N-ethyl adjacent to an activating group) is 1. The topological polar surface area (TPSA) is 62.8 Å². The lowest BCUT2D eigenvalue weighted by Gasteiger charge is -2.14. The van der Waals surface area contributed by atoms with Crippen molar-refractivity contribution in [2.24, 2.45) is 0 Å². The molecule has 1 heterocycles. The van der Waals surface area contributed by atoms with E-state index in [2.05, 4.69) is 10.6 Å². The highest BCUT2D eigenvalue weighted by Gasteiger charge is 2.24. The molecule has 0 aromatic carbocycles. The zero-order valence-corrected chi connectivity index (χ0v) is 10.7. The van der Waals surface area contributed by atoms with Crippen molar-refractivity contribution in [2.75, 3.05) is 53.1 Å². The maximum absolute atomic E-state index is 11.4. The molecule has 17 heavy (non-hydrogen) atoms. The molecule has 1 unspecified atom stereocenters. The van der Waals surface area contributed by atoms with E-state index in [-0.39, 0.29) is 12.1 Å². The van der Waals surface area contributed by atoms with Crippen molar-refractivity contribution >= 4 is 6.03 Å². The number of carbonyl (C=O) groups excluding carboxylic acids is 1. The maximum Gasteiger partial charge on any atom is 0.317 e. The number of ether oxygens (including phenoxy) is 2. The van der Waals surface area contributed by atoms with Crippen molar-refractivity contribution in [1.82, 2.24) is 15.5 Å². The zero-order chi connectivity index (χ0) is 12.5. The number of amides is 2. The van der Waals surface area contributed by atoms with Crippen molar-refractivity contribution in [2.45, 2.75) is 13.0 Å². The minimum absolute atomic E-state index is 0.00590. The number of nitrogens with zero attached hydrogens (tertiary/aromatic N) is 1. The van der Waals surface area contributed by atoms with Crippen molar-refractivity contribution in [3.05, 3.63) is 0 Å². The largest absolute Gasteiger partial charge is 0.378 e. The molecule has 0 radical (unpaired) electrons. The lowest BCUT2D eigenvalue weighted by molar-refractivity contribution is 0.0442. The number of nitrogens with one attached hydrogen (secondary N) is 2. The van der Waals surface area contributed by atoms with E-state index < -0.39 is 0 Å². The van der Waals surface area contributed by atoms with Crippen molar-refractivity contribution < 1.29 is 14.3 Å². The highest BCUT2D eigenvalue weighted by molar-refractivity contribution is 5.76. The Morgan fingerprint density at radius 3 is 2.65 bits per heavy atom. The van der Waals surface area contributed by atoms with Gasteiger partial charge in [-0.1, -0.05) is 0 Å². The van der Waals surface area contributed by atoms with Crippen LogP contribution in [0.25, 0.3) is 0 Å². The highest BCUT2D eigenvalue weighted by atomic mass is 16.5. The monoisotopic (exact) mass is 245 g/mol. The van der Waals surface area contributed by atoms with Gasteiger partial charge in [0.25, 0.3) is 0 Å². The average Bonchev–Trinajstić information content (AvgIpc) is 2.61. The minimum atomic E-state index is 0.00590. The van der Waals surface area contributed by atoms with Crippen molar-refractivity contribution in [3.63, 3.8) is 0 Å². The van der Waals surface area contributed by atoms with Gasteiger partial charge in [0.2, 0.25) is 0 Å². The first kappa shape index (κ1) is 14.2. The smallest absolute Gasteiger partial charge is 0.317 e. The van der Waals surface area contributed by atoms with E-state index in [1.54, 1.807) is 4.90 Å². The van der Waals surface area contributed by atoms with E-state index in [0.29, 0.717) is 33.0 Å². The number of hydrogen-bond donors (Lipinski definition) is 2. The fraction of sp³-hybridized carbons (Fsp3) is 0.909. The van der Waals surface area contributed by atoms with Crippen LogP contribution in [0.4, 0.5) is 4.79 Å². The van der Waals surface area contributed by atoms with Crippen LogP contribution in [0.2, 0.25) is 0 Å². The Morgan fingerprint density at radius 2 is 2.06 bits per heavy atom. The molecule has 0 saturated carbocycles. The Labute approximate surface area is 103 Å². The van der Waals surface area contributed by atoms with E-state index in [1.807, 2.05) is 14.0 Å². The van der Waals surface area contributed by atoms with Gasteiger partial charge in [-0.15, -0.1) is 0 Å². The van der Waals surface area contributed by atoms with Gasteiger partial charge in [-0.25, -0.2) is 4.79 Å². The molecule has 0 aliphatic carbocycles. The third-order valence-electron chi connectivity index (χ3n) is 2.53. The van der Waals surface area contributed by atoms with Crippen LogP contribution in [0.5, 0.6) is 0 Å². The van der Waals surface area contributed by atoms with Gasteiger partial charge in [-0.3, -0.25) is 0 Å². The Balaban J connectivity index is 1.89. The lowest BCUT2D eigenvalue weighted by atomic mass is 10.4. The molecule has 0 aromatic rings. The summed E-state index contributed by atoms with van der Waals surface area (Å²) in [4.78, 5) is 13.1. The molecular formula is C11H23N3O3. The SMILES string of the molecule is CNCCOCCOCCN1CC(C)NC1=O. The Hall–Kier alpha value is -0.850. The Bertz CT molecular complexity index is 226. The van der Waals surface area contributed by atoms with Crippen LogP contribution >= 0.6 is 0 Å². The zero-order valence-electron chi connectivity index (χ0n) is 10.7. The van der Waals surface area contributed by atoms with Crippen LogP contribution in [0.1, 0.15) is 6.92 Å². The van der Waals surface area contributed by atoms with E-state index in [4.69, 9.17) is 9.47 Å². The molecular weight excluding hydrogens is 222 g/mol. The molecule has 6 heteroatoms. The quantitative estimate of drug-likeness (QED) is 0.545. The molecule has 1 saturated heterocycles. The van der Waals surface area contributed by atoms with E-state index in [0.717, 1.165) is 13.1 Å². The second-order valence-electron chi connectivity index (χ2n) is 4.12. The standard InChI is InChI=1S/C11H23N3O3/c1-10-9-14(11(15)13-10)4-6-17-8-7-16-5-3-12-2/h10,12H,3-9H2,1-2H3,(H,13,15). The molecule has 100 valence electrons. The number of rotatable bonds is 9. The van der Waals surface area contributed by atoms with Crippen LogP contribution in [0.15, 0.2) is 0 Å². The maximum atomic E-state index is 11.4. The minimum Gasteiger partial charge on any atom is -0.378 e. The normalized spacial score (nSPS) is 19.8. The summed E-state index contributed by atoms with van der Waals surface area (Å²) in [5.74, 6) is 0. The predicted octanol–water partition coefficient (Wildman–Crippen LogP) is -0.347.